The second-order valence-electron chi connectivity index (χ2n) is 8.00. The number of fused-ring (bicyclic) bond motifs is 1. The Hall–Kier alpha value is -4.57. The molecule has 0 aliphatic rings. The third kappa shape index (κ3) is 4.76. The van der Waals surface area contributed by atoms with E-state index in [2.05, 4.69) is 15.7 Å². The number of nitrogens with one attached hydrogen (secondary N) is 3. The minimum Gasteiger partial charge on any atom is -0.361 e. The maximum Gasteiger partial charge on any atom is 0.270 e. The molecule has 34 heavy (non-hydrogen) atoms. The Labute approximate surface area is 197 Å². The van der Waals surface area contributed by atoms with Gasteiger partial charge in [-0.25, -0.2) is 0 Å². The Morgan fingerprint density at radius 2 is 1.82 bits per heavy atom. The molecule has 7 nitrogen and oxygen atoms in total. The highest BCUT2D eigenvalue weighted by atomic mass is 16.2. The highest BCUT2D eigenvalue weighted by molar-refractivity contribution is 6.02. The second kappa shape index (κ2) is 9.92. The van der Waals surface area contributed by atoms with Gasteiger partial charge in [-0.1, -0.05) is 36.4 Å². The van der Waals surface area contributed by atoms with Crippen molar-refractivity contribution in [3.8, 4) is 6.07 Å². The number of aromatic nitrogens is 2. The number of H-pyrrole nitrogens is 1. The Morgan fingerprint density at radius 1 is 1.09 bits per heavy atom. The first-order chi connectivity index (χ1) is 16.5. The Kier molecular flexibility index (Phi) is 6.60. The standard InChI is InChI=1S/C27H25N5O2/c1-18-14-22(19(2)32(18)31-27(34)20-8-4-3-5-9-20)15-23(16-28)26(33)29-13-12-21-17-30-25-11-7-6-10-24(21)25/h3-11,14-15,17,30H,12-13H2,1-2H3,(H,29,33)(H,31,34)/b23-15-. The molecule has 2 aromatic carbocycles. The predicted molar refractivity (Wildman–Crippen MR) is 133 cm³/mol. The van der Waals surface area contributed by atoms with Crippen molar-refractivity contribution < 1.29 is 9.59 Å². The molecule has 0 aliphatic carbocycles. The van der Waals surface area contributed by atoms with Crippen LogP contribution in [0.1, 0.15) is 32.9 Å². The number of benzene rings is 2. The Morgan fingerprint density at radius 3 is 2.59 bits per heavy atom. The van der Waals surface area contributed by atoms with Gasteiger partial charge in [0.1, 0.15) is 11.6 Å². The molecule has 0 unspecified atom stereocenters. The zero-order chi connectivity index (χ0) is 24.1. The number of rotatable bonds is 7. The van der Waals surface area contributed by atoms with Crippen LogP contribution in [0.2, 0.25) is 0 Å². The molecule has 2 amide bonds. The largest absolute Gasteiger partial charge is 0.361 e. The molecule has 0 saturated heterocycles. The molecular weight excluding hydrogens is 426 g/mol. The number of aryl methyl sites for hydroxylation is 1. The summed E-state index contributed by atoms with van der Waals surface area (Å²) in [6, 6.07) is 20.7. The molecule has 0 atom stereocenters. The number of para-hydroxylation sites is 1. The van der Waals surface area contributed by atoms with E-state index < -0.39 is 5.91 Å². The van der Waals surface area contributed by atoms with E-state index in [-0.39, 0.29) is 11.5 Å². The van der Waals surface area contributed by atoms with Crippen molar-refractivity contribution in [2.45, 2.75) is 20.3 Å². The molecule has 0 aliphatic heterocycles. The molecule has 2 aromatic heterocycles. The summed E-state index contributed by atoms with van der Waals surface area (Å²) < 4.78 is 1.66. The van der Waals surface area contributed by atoms with E-state index in [4.69, 9.17) is 0 Å². The number of nitrogens with zero attached hydrogens (tertiary/aromatic N) is 2. The van der Waals surface area contributed by atoms with E-state index in [9.17, 15) is 14.9 Å². The first-order valence-electron chi connectivity index (χ1n) is 11.0. The van der Waals surface area contributed by atoms with Gasteiger partial charge in [0.25, 0.3) is 11.8 Å². The van der Waals surface area contributed by atoms with Gasteiger partial charge in [-0.15, -0.1) is 0 Å². The molecular formula is C27H25N5O2. The molecule has 0 saturated carbocycles. The van der Waals surface area contributed by atoms with Gasteiger partial charge in [0.15, 0.2) is 0 Å². The third-order valence-electron chi connectivity index (χ3n) is 5.74. The van der Waals surface area contributed by atoms with Crippen LogP contribution < -0.4 is 10.7 Å². The number of hydrogen-bond acceptors (Lipinski definition) is 3. The molecule has 4 rings (SSSR count). The molecule has 2 heterocycles. The maximum atomic E-state index is 12.7. The Balaban J connectivity index is 1.44. The molecule has 0 radical (unpaired) electrons. The van der Waals surface area contributed by atoms with Crippen molar-refractivity contribution in [3.05, 3.63) is 101 Å². The minimum absolute atomic E-state index is 0.00793. The van der Waals surface area contributed by atoms with E-state index in [1.165, 1.54) is 0 Å². The summed E-state index contributed by atoms with van der Waals surface area (Å²) in [5, 5.41) is 13.5. The fourth-order valence-electron chi connectivity index (χ4n) is 3.91. The van der Waals surface area contributed by atoms with Crippen LogP contribution in [0, 0.1) is 25.2 Å². The van der Waals surface area contributed by atoms with E-state index >= 15 is 0 Å². The number of carbonyl (C=O) groups excluding carboxylic acids is 2. The van der Waals surface area contributed by atoms with Gasteiger partial charge in [0, 0.05) is 40.6 Å². The highest BCUT2D eigenvalue weighted by Gasteiger charge is 2.15. The van der Waals surface area contributed by atoms with Crippen LogP contribution in [0.15, 0.2) is 72.4 Å². The van der Waals surface area contributed by atoms with Crippen molar-refractivity contribution in [1.29, 1.82) is 5.26 Å². The summed E-state index contributed by atoms with van der Waals surface area (Å²) in [7, 11) is 0. The van der Waals surface area contributed by atoms with Crippen LogP contribution in [-0.2, 0) is 11.2 Å². The predicted octanol–water partition coefficient (Wildman–Crippen LogP) is 4.24. The second-order valence-corrected chi connectivity index (χ2v) is 8.00. The van der Waals surface area contributed by atoms with Crippen LogP contribution >= 0.6 is 0 Å². The number of amides is 2. The molecule has 0 fully saturated rings. The molecule has 7 heteroatoms. The van der Waals surface area contributed by atoms with E-state index in [1.54, 1.807) is 35.0 Å². The van der Waals surface area contributed by atoms with E-state index in [0.717, 1.165) is 27.9 Å². The third-order valence-corrected chi connectivity index (χ3v) is 5.74. The molecule has 0 spiro atoms. The van der Waals surface area contributed by atoms with Gasteiger partial charge in [0.2, 0.25) is 0 Å². The lowest BCUT2D eigenvalue weighted by atomic mass is 10.1. The average Bonchev–Trinajstić information content (AvgIpc) is 3.38. The lowest BCUT2D eigenvalue weighted by molar-refractivity contribution is -0.117. The van der Waals surface area contributed by atoms with Crippen molar-refractivity contribution >= 4 is 28.8 Å². The van der Waals surface area contributed by atoms with Crippen molar-refractivity contribution in [2.75, 3.05) is 12.0 Å². The molecule has 3 N–H and O–H groups in total. The lowest BCUT2D eigenvalue weighted by Gasteiger charge is -2.11. The zero-order valence-corrected chi connectivity index (χ0v) is 19.1. The minimum atomic E-state index is -0.430. The smallest absolute Gasteiger partial charge is 0.270 e. The summed E-state index contributed by atoms with van der Waals surface area (Å²) >= 11 is 0. The lowest BCUT2D eigenvalue weighted by Crippen LogP contribution is -2.26. The summed E-state index contributed by atoms with van der Waals surface area (Å²) in [6.07, 6.45) is 4.14. The van der Waals surface area contributed by atoms with Crippen LogP contribution in [0.25, 0.3) is 17.0 Å². The fourth-order valence-corrected chi connectivity index (χ4v) is 3.91. The number of carbonyl (C=O) groups is 2. The summed E-state index contributed by atoms with van der Waals surface area (Å²) in [5.74, 6) is -0.672. The topological polar surface area (TPSA) is 103 Å². The zero-order valence-electron chi connectivity index (χ0n) is 19.1. The number of hydrogen-bond donors (Lipinski definition) is 3. The molecule has 0 bridgehead atoms. The highest BCUT2D eigenvalue weighted by Crippen LogP contribution is 2.19. The van der Waals surface area contributed by atoms with Gasteiger partial charge in [-0.2, -0.15) is 5.26 Å². The number of aromatic amines is 1. The van der Waals surface area contributed by atoms with Gasteiger partial charge in [-0.3, -0.25) is 19.7 Å². The van der Waals surface area contributed by atoms with Gasteiger partial charge < -0.3 is 10.3 Å². The van der Waals surface area contributed by atoms with Gasteiger partial charge in [0.05, 0.1) is 0 Å². The number of nitriles is 1. The van der Waals surface area contributed by atoms with E-state index in [1.807, 2.05) is 62.5 Å². The quantitative estimate of drug-likeness (QED) is 0.289. The Bertz CT molecular complexity index is 1420. The van der Waals surface area contributed by atoms with Crippen LogP contribution in [0.5, 0.6) is 0 Å². The fraction of sp³-hybridized carbons (Fsp3) is 0.148. The SMILES string of the molecule is Cc1cc(/C=C(/C#N)C(=O)NCCc2c[nH]c3ccccc23)c(C)n1NC(=O)c1ccccc1. The normalized spacial score (nSPS) is 11.3. The van der Waals surface area contributed by atoms with Gasteiger partial charge in [-0.05, 0) is 61.7 Å². The van der Waals surface area contributed by atoms with Crippen molar-refractivity contribution in [1.82, 2.24) is 15.0 Å². The molecule has 170 valence electrons. The average molecular weight is 452 g/mol. The first-order valence-corrected chi connectivity index (χ1v) is 11.0. The van der Waals surface area contributed by atoms with Crippen LogP contribution in [0.3, 0.4) is 0 Å². The summed E-state index contributed by atoms with van der Waals surface area (Å²) in [6.45, 7) is 4.09. The van der Waals surface area contributed by atoms with Crippen LogP contribution in [-0.4, -0.2) is 28.0 Å². The van der Waals surface area contributed by atoms with E-state index in [0.29, 0.717) is 24.1 Å². The van der Waals surface area contributed by atoms with Crippen LogP contribution in [0.4, 0.5) is 0 Å². The van der Waals surface area contributed by atoms with Crippen molar-refractivity contribution in [3.63, 3.8) is 0 Å². The maximum absolute atomic E-state index is 12.7. The molecule has 4 aromatic rings. The first kappa shape index (κ1) is 22.6. The van der Waals surface area contributed by atoms with Crippen molar-refractivity contribution in [2.24, 2.45) is 0 Å². The monoisotopic (exact) mass is 451 g/mol. The summed E-state index contributed by atoms with van der Waals surface area (Å²) in [4.78, 5) is 28.4. The van der Waals surface area contributed by atoms with Gasteiger partial charge >= 0.3 is 0 Å². The summed E-state index contributed by atoms with van der Waals surface area (Å²) in [5.41, 5.74) is 7.77.